The number of carbonyl (C=O) groups is 2. The zero-order valence-corrected chi connectivity index (χ0v) is 11.1. The number of rotatable bonds is 6. The first-order chi connectivity index (χ1) is 9.02. The number of hydrogen-bond acceptors (Lipinski definition) is 5. The van der Waals surface area contributed by atoms with Crippen LogP contribution < -0.4 is 10.5 Å². The third-order valence-corrected chi connectivity index (χ3v) is 2.55. The first kappa shape index (κ1) is 14.8. The van der Waals surface area contributed by atoms with E-state index >= 15 is 0 Å². The Labute approximate surface area is 112 Å². The second-order valence-electron chi connectivity index (χ2n) is 4.00. The molecule has 0 aliphatic heterocycles. The van der Waals surface area contributed by atoms with E-state index in [4.69, 9.17) is 10.5 Å². The van der Waals surface area contributed by atoms with Crippen LogP contribution in [0.4, 0.5) is 5.69 Å². The normalized spacial score (nSPS) is 9.79. The van der Waals surface area contributed by atoms with Gasteiger partial charge in [-0.3, -0.25) is 9.59 Å². The molecule has 0 fully saturated rings. The lowest BCUT2D eigenvalue weighted by molar-refractivity contribution is -0.141. The summed E-state index contributed by atoms with van der Waals surface area (Å²) in [6.07, 6.45) is 0.167. The third-order valence-electron chi connectivity index (χ3n) is 2.55. The zero-order chi connectivity index (χ0) is 14.3. The van der Waals surface area contributed by atoms with E-state index in [2.05, 4.69) is 4.74 Å². The number of anilines is 1. The second-order valence-corrected chi connectivity index (χ2v) is 4.00. The molecule has 1 rings (SSSR count). The van der Waals surface area contributed by atoms with Crippen molar-refractivity contribution in [2.24, 2.45) is 0 Å². The number of ether oxygens (including phenoxy) is 2. The van der Waals surface area contributed by atoms with E-state index in [-0.39, 0.29) is 24.9 Å². The van der Waals surface area contributed by atoms with Gasteiger partial charge in [-0.15, -0.1) is 0 Å². The molecule has 0 saturated heterocycles. The van der Waals surface area contributed by atoms with Gasteiger partial charge < -0.3 is 20.1 Å². The van der Waals surface area contributed by atoms with Crippen LogP contribution in [0, 0.1) is 0 Å². The summed E-state index contributed by atoms with van der Waals surface area (Å²) >= 11 is 0. The smallest absolute Gasteiger partial charge is 0.307 e. The summed E-state index contributed by atoms with van der Waals surface area (Å²) in [6.45, 7) is 0.220. The van der Waals surface area contributed by atoms with Gasteiger partial charge in [0.25, 0.3) is 5.91 Å². The van der Waals surface area contributed by atoms with Gasteiger partial charge in [-0.05, 0) is 24.3 Å². The molecular weight excluding hydrogens is 248 g/mol. The lowest BCUT2D eigenvalue weighted by Gasteiger charge is -2.16. The molecule has 2 N–H and O–H groups in total. The van der Waals surface area contributed by atoms with Crippen LogP contribution in [-0.4, -0.2) is 44.1 Å². The summed E-state index contributed by atoms with van der Waals surface area (Å²) < 4.78 is 9.81. The van der Waals surface area contributed by atoms with Crippen LogP contribution in [0.25, 0.3) is 0 Å². The minimum absolute atomic E-state index is 0.0818. The van der Waals surface area contributed by atoms with Crippen molar-refractivity contribution in [3.63, 3.8) is 0 Å². The molecule has 0 heterocycles. The standard InChI is InChI=1S/C13H18N2O4/c1-15(8-7-13(17)18-2)12(16)9-19-11-5-3-10(14)4-6-11/h3-6H,7-9,14H2,1-2H3. The monoisotopic (exact) mass is 266 g/mol. The van der Waals surface area contributed by atoms with Crippen molar-refractivity contribution in [2.75, 3.05) is 33.0 Å². The van der Waals surface area contributed by atoms with Gasteiger partial charge in [0.2, 0.25) is 0 Å². The molecule has 6 heteroatoms. The summed E-state index contributed by atoms with van der Waals surface area (Å²) in [4.78, 5) is 24.1. The van der Waals surface area contributed by atoms with Crippen molar-refractivity contribution in [3.05, 3.63) is 24.3 Å². The number of nitrogens with two attached hydrogens (primary N) is 1. The molecule has 1 aromatic carbocycles. The summed E-state index contributed by atoms with van der Waals surface area (Å²) in [7, 11) is 2.92. The van der Waals surface area contributed by atoms with Crippen molar-refractivity contribution >= 4 is 17.6 Å². The van der Waals surface area contributed by atoms with Gasteiger partial charge >= 0.3 is 5.97 Å². The first-order valence-electron chi connectivity index (χ1n) is 5.82. The number of amides is 1. The highest BCUT2D eigenvalue weighted by Crippen LogP contribution is 2.12. The molecule has 19 heavy (non-hydrogen) atoms. The Bertz CT molecular complexity index is 431. The van der Waals surface area contributed by atoms with Crippen LogP contribution in [0.5, 0.6) is 5.75 Å². The number of benzene rings is 1. The van der Waals surface area contributed by atoms with E-state index in [1.54, 1.807) is 31.3 Å². The lowest BCUT2D eigenvalue weighted by atomic mass is 10.3. The van der Waals surface area contributed by atoms with Gasteiger partial charge in [0.15, 0.2) is 6.61 Å². The van der Waals surface area contributed by atoms with Crippen LogP contribution >= 0.6 is 0 Å². The van der Waals surface area contributed by atoms with Gasteiger partial charge in [-0.2, -0.15) is 0 Å². The first-order valence-corrected chi connectivity index (χ1v) is 5.82. The van der Waals surface area contributed by atoms with Crippen molar-refractivity contribution < 1.29 is 19.1 Å². The highest BCUT2D eigenvalue weighted by atomic mass is 16.5. The highest BCUT2D eigenvalue weighted by Gasteiger charge is 2.11. The summed E-state index contributed by atoms with van der Waals surface area (Å²) in [5.41, 5.74) is 6.17. The topological polar surface area (TPSA) is 81.9 Å². The summed E-state index contributed by atoms with van der Waals surface area (Å²) in [5, 5.41) is 0. The molecule has 0 saturated carbocycles. The average molecular weight is 266 g/mol. The number of methoxy groups -OCH3 is 1. The van der Waals surface area contributed by atoms with Gasteiger partial charge in [-0.25, -0.2) is 0 Å². The van der Waals surface area contributed by atoms with E-state index in [1.165, 1.54) is 12.0 Å². The number of esters is 1. The maximum absolute atomic E-state index is 11.7. The second kappa shape index (κ2) is 7.25. The van der Waals surface area contributed by atoms with E-state index in [0.717, 1.165) is 0 Å². The molecule has 1 amide bonds. The number of likely N-dealkylation sites (N-methyl/N-ethyl adjacent to an activating group) is 1. The van der Waals surface area contributed by atoms with E-state index in [0.29, 0.717) is 18.0 Å². The average Bonchev–Trinajstić information content (AvgIpc) is 2.43. The minimum atomic E-state index is -0.348. The molecule has 0 aromatic heterocycles. The highest BCUT2D eigenvalue weighted by molar-refractivity contribution is 5.78. The van der Waals surface area contributed by atoms with Crippen molar-refractivity contribution in [3.8, 4) is 5.75 Å². The molecule has 6 nitrogen and oxygen atoms in total. The fourth-order valence-corrected chi connectivity index (χ4v) is 1.31. The Morgan fingerprint density at radius 2 is 1.89 bits per heavy atom. The third kappa shape index (κ3) is 5.29. The molecular formula is C13H18N2O4. The fraction of sp³-hybridized carbons (Fsp3) is 0.385. The molecule has 1 aromatic rings. The van der Waals surface area contributed by atoms with Crippen LogP contribution in [0.3, 0.4) is 0 Å². The van der Waals surface area contributed by atoms with E-state index in [9.17, 15) is 9.59 Å². The maximum atomic E-state index is 11.7. The largest absolute Gasteiger partial charge is 0.484 e. The predicted molar refractivity (Wildman–Crippen MR) is 70.6 cm³/mol. The Hall–Kier alpha value is -2.24. The Kier molecular flexibility index (Phi) is 5.66. The minimum Gasteiger partial charge on any atom is -0.484 e. The predicted octanol–water partition coefficient (Wildman–Crippen LogP) is 0.669. The van der Waals surface area contributed by atoms with Crippen LogP contribution in [0.2, 0.25) is 0 Å². The van der Waals surface area contributed by atoms with Crippen LogP contribution in [0.15, 0.2) is 24.3 Å². The van der Waals surface area contributed by atoms with E-state index in [1.807, 2.05) is 0 Å². The van der Waals surface area contributed by atoms with Gasteiger partial charge in [-0.1, -0.05) is 0 Å². The molecule has 0 atom stereocenters. The Morgan fingerprint density at radius 1 is 1.26 bits per heavy atom. The Balaban J connectivity index is 2.34. The fourth-order valence-electron chi connectivity index (χ4n) is 1.31. The van der Waals surface area contributed by atoms with Crippen molar-refractivity contribution in [1.82, 2.24) is 4.90 Å². The molecule has 0 aliphatic carbocycles. The van der Waals surface area contributed by atoms with Crippen LogP contribution in [0.1, 0.15) is 6.42 Å². The summed E-state index contributed by atoms with van der Waals surface area (Å²) in [6, 6.07) is 6.77. The molecule has 0 spiro atoms. The van der Waals surface area contributed by atoms with Gasteiger partial charge in [0.1, 0.15) is 5.75 Å². The van der Waals surface area contributed by atoms with Crippen LogP contribution in [-0.2, 0) is 14.3 Å². The van der Waals surface area contributed by atoms with Gasteiger partial charge in [0, 0.05) is 19.3 Å². The van der Waals surface area contributed by atoms with Gasteiger partial charge in [0.05, 0.1) is 13.5 Å². The van der Waals surface area contributed by atoms with E-state index < -0.39 is 0 Å². The number of hydrogen-bond donors (Lipinski definition) is 1. The summed E-state index contributed by atoms with van der Waals surface area (Å²) in [5.74, 6) is 0.0174. The quantitative estimate of drug-likeness (QED) is 0.604. The van der Waals surface area contributed by atoms with Crippen molar-refractivity contribution in [2.45, 2.75) is 6.42 Å². The number of carbonyl (C=O) groups excluding carboxylic acids is 2. The molecule has 0 unspecified atom stereocenters. The lowest BCUT2D eigenvalue weighted by Crippen LogP contribution is -2.33. The molecule has 0 bridgehead atoms. The molecule has 104 valence electrons. The Morgan fingerprint density at radius 3 is 2.47 bits per heavy atom. The maximum Gasteiger partial charge on any atom is 0.307 e. The number of nitrogen functional groups attached to an aromatic ring is 1. The zero-order valence-electron chi connectivity index (χ0n) is 11.1. The molecule has 0 radical (unpaired) electrons. The SMILES string of the molecule is COC(=O)CCN(C)C(=O)COc1ccc(N)cc1. The van der Waals surface area contributed by atoms with Crippen molar-refractivity contribution in [1.29, 1.82) is 0 Å². The molecule has 0 aliphatic rings. The number of nitrogens with zero attached hydrogens (tertiary/aromatic N) is 1.